The number of hydrogen-bond acceptors (Lipinski definition) is 2. The minimum absolute atomic E-state index is 0.175. The highest BCUT2D eigenvalue weighted by Gasteiger charge is 2.53. The molecular weight excluding hydrogens is 272 g/mol. The SMILES string of the molecule is N#Cc1cccc(C2(C(=O)NCC3(C4CC4)CCC3)CC2)c1. The van der Waals surface area contributed by atoms with Crippen LogP contribution in [0.3, 0.4) is 0 Å². The van der Waals surface area contributed by atoms with Crippen LogP contribution in [0.4, 0.5) is 0 Å². The average Bonchev–Trinajstić information content (AvgIpc) is 3.38. The number of amides is 1. The van der Waals surface area contributed by atoms with Crippen molar-refractivity contribution in [1.82, 2.24) is 5.32 Å². The minimum Gasteiger partial charge on any atom is -0.355 e. The zero-order valence-corrected chi connectivity index (χ0v) is 12.9. The molecule has 22 heavy (non-hydrogen) atoms. The quantitative estimate of drug-likeness (QED) is 0.906. The summed E-state index contributed by atoms with van der Waals surface area (Å²) in [4.78, 5) is 12.8. The van der Waals surface area contributed by atoms with Gasteiger partial charge >= 0.3 is 0 Å². The third kappa shape index (κ3) is 2.13. The monoisotopic (exact) mass is 294 g/mol. The molecule has 3 fully saturated rings. The Balaban J connectivity index is 1.46. The van der Waals surface area contributed by atoms with E-state index in [1.54, 1.807) is 6.07 Å². The third-order valence-electron chi connectivity index (χ3n) is 6.12. The molecule has 0 radical (unpaired) electrons. The Morgan fingerprint density at radius 2 is 2.05 bits per heavy atom. The van der Waals surface area contributed by atoms with Crippen molar-refractivity contribution in [3.63, 3.8) is 0 Å². The van der Waals surface area contributed by atoms with Crippen molar-refractivity contribution >= 4 is 5.91 Å². The Morgan fingerprint density at radius 3 is 2.59 bits per heavy atom. The normalized spacial score (nSPS) is 24.0. The van der Waals surface area contributed by atoms with Crippen LogP contribution in [0.15, 0.2) is 24.3 Å². The smallest absolute Gasteiger partial charge is 0.230 e. The lowest BCUT2D eigenvalue weighted by Gasteiger charge is -2.43. The topological polar surface area (TPSA) is 52.9 Å². The molecule has 1 aromatic rings. The molecule has 3 nitrogen and oxygen atoms in total. The molecule has 0 heterocycles. The van der Waals surface area contributed by atoms with Crippen LogP contribution in [0.2, 0.25) is 0 Å². The molecule has 1 aromatic carbocycles. The van der Waals surface area contributed by atoms with Crippen LogP contribution in [-0.4, -0.2) is 12.5 Å². The van der Waals surface area contributed by atoms with Gasteiger partial charge in [-0.15, -0.1) is 0 Å². The first-order valence-electron chi connectivity index (χ1n) is 8.48. The predicted octanol–water partition coefficient (Wildman–Crippen LogP) is 3.29. The standard InChI is InChI=1S/C19H22N2O/c20-12-14-3-1-4-16(11-14)19(9-10-19)17(22)21-13-18(7-2-8-18)15-5-6-15/h1,3-4,11,15H,2,5-10,13H2,(H,21,22). The second-order valence-electron chi connectivity index (χ2n) is 7.45. The van der Waals surface area contributed by atoms with Crippen molar-refractivity contribution in [2.75, 3.05) is 6.54 Å². The van der Waals surface area contributed by atoms with E-state index >= 15 is 0 Å². The molecule has 3 aliphatic carbocycles. The van der Waals surface area contributed by atoms with E-state index in [-0.39, 0.29) is 11.3 Å². The van der Waals surface area contributed by atoms with Crippen LogP contribution < -0.4 is 5.32 Å². The molecule has 0 aromatic heterocycles. The summed E-state index contributed by atoms with van der Waals surface area (Å²) in [5.74, 6) is 1.04. The molecule has 0 bridgehead atoms. The largest absolute Gasteiger partial charge is 0.355 e. The second kappa shape index (κ2) is 4.84. The average molecular weight is 294 g/mol. The fourth-order valence-electron chi connectivity index (χ4n) is 4.14. The summed E-state index contributed by atoms with van der Waals surface area (Å²) < 4.78 is 0. The number of carbonyl (C=O) groups excluding carboxylic acids is 1. The summed E-state index contributed by atoms with van der Waals surface area (Å²) in [6, 6.07) is 9.73. The number of hydrogen-bond donors (Lipinski definition) is 1. The van der Waals surface area contributed by atoms with Gasteiger partial charge in [-0.3, -0.25) is 4.79 Å². The van der Waals surface area contributed by atoms with Gasteiger partial charge in [0.25, 0.3) is 0 Å². The van der Waals surface area contributed by atoms with Crippen LogP contribution >= 0.6 is 0 Å². The van der Waals surface area contributed by atoms with Crippen molar-refractivity contribution in [2.45, 2.75) is 50.4 Å². The summed E-state index contributed by atoms with van der Waals surface area (Å²) in [7, 11) is 0. The molecule has 1 N–H and O–H groups in total. The molecule has 1 amide bonds. The Hall–Kier alpha value is -1.82. The number of rotatable bonds is 5. The van der Waals surface area contributed by atoms with Crippen LogP contribution in [0.5, 0.6) is 0 Å². The van der Waals surface area contributed by atoms with Gasteiger partial charge in [0.05, 0.1) is 17.0 Å². The number of nitriles is 1. The summed E-state index contributed by atoms with van der Waals surface area (Å²) in [6.07, 6.45) is 8.41. The zero-order chi connectivity index (χ0) is 15.2. The Morgan fingerprint density at radius 1 is 1.27 bits per heavy atom. The van der Waals surface area contributed by atoms with Crippen LogP contribution in [0.1, 0.15) is 56.1 Å². The number of nitrogens with one attached hydrogen (secondary N) is 1. The highest BCUT2D eigenvalue weighted by molar-refractivity contribution is 5.91. The molecule has 0 saturated heterocycles. The van der Waals surface area contributed by atoms with Gasteiger partial charge in [-0.25, -0.2) is 0 Å². The first kappa shape index (κ1) is 13.8. The molecule has 3 heteroatoms. The molecule has 3 saturated carbocycles. The molecule has 3 aliphatic rings. The molecular formula is C19H22N2O. The highest BCUT2D eigenvalue weighted by Crippen LogP contribution is 2.57. The van der Waals surface area contributed by atoms with Crippen molar-refractivity contribution in [3.05, 3.63) is 35.4 Å². The van der Waals surface area contributed by atoms with Crippen LogP contribution in [-0.2, 0) is 10.2 Å². The van der Waals surface area contributed by atoms with E-state index in [0.717, 1.165) is 30.9 Å². The van der Waals surface area contributed by atoms with Gasteiger partial charge in [-0.05, 0) is 67.6 Å². The van der Waals surface area contributed by atoms with Crippen molar-refractivity contribution in [3.8, 4) is 6.07 Å². The molecule has 0 aliphatic heterocycles. The van der Waals surface area contributed by atoms with E-state index in [2.05, 4.69) is 11.4 Å². The Bertz CT molecular complexity index is 646. The third-order valence-corrected chi connectivity index (χ3v) is 6.12. The maximum Gasteiger partial charge on any atom is 0.230 e. The number of carbonyl (C=O) groups is 1. The van der Waals surface area contributed by atoms with E-state index in [4.69, 9.17) is 5.26 Å². The van der Waals surface area contributed by atoms with E-state index in [0.29, 0.717) is 11.0 Å². The van der Waals surface area contributed by atoms with Gasteiger partial charge in [0.1, 0.15) is 0 Å². The van der Waals surface area contributed by atoms with Gasteiger partial charge in [-0.1, -0.05) is 18.6 Å². The summed E-state index contributed by atoms with van der Waals surface area (Å²) in [5, 5.41) is 12.3. The maximum atomic E-state index is 12.8. The van der Waals surface area contributed by atoms with Gasteiger partial charge in [-0.2, -0.15) is 5.26 Å². The van der Waals surface area contributed by atoms with Crippen molar-refractivity contribution < 1.29 is 4.79 Å². The molecule has 0 unspecified atom stereocenters. The van der Waals surface area contributed by atoms with Gasteiger partial charge in [0.15, 0.2) is 0 Å². The van der Waals surface area contributed by atoms with Crippen LogP contribution in [0, 0.1) is 22.7 Å². The van der Waals surface area contributed by atoms with E-state index in [9.17, 15) is 4.79 Å². The van der Waals surface area contributed by atoms with Crippen molar-refractivity contribution in [2.24, 2.45) is 11.3 Å². The molecule has 0 spiro atoms. The maximum absolute atomic E-state index is 12.8. The summed E-state index contributed by atoms with van der Waals surface area (Å²) >= 11 is 0. The van der Waals surface area contributed by atoms with Gasteiger partial charge < -0.3 is 5.32 Å². The first-order valence-corrected chi connectivity index (χ1v) is 8.48. The highest BCUT2D eigenvalue weighted by atomic mass is 16.2. The van der Waals surface area contributed by atoms with E-state index in [1.165, 1.54) is 32.1 Å². The number of benzene rings is 1. The lowest BCUT2D eigenvalue weighted by atomic mass is 9.65. The van der Waals surface area contributed by atoms with Gasteiger partial charge in [0.2, 0.25) is 5.91 Å². The molecule has 114 valence electrons. The van der Waals surface area contributed by atoms with Gasteiger partial charge in [0, 0.05) is 6.54 Å². The second-order valence-corrected chi connectivity index (χ2v) is 7.45. The van der Waals surface area contributed by atoms with E-state index < -0.39 is 0 Å². The van der Waals surface area contributed by atoms with E-state index in [1.807, 2.05) is 18.2 Å². The minimum atomic E-state index is -0.360. The lowest BCUT2D eigenvalue weighted by Crippen LogP contribution is -2.46. The molecule has 4 rings (SSSR count). The Labute approximate surface area is 131 Å². The van der Waals surface area contributed by atoms with Crippen LogP contribution in [0.25, 0.3) is 0 Å². The summed E-state index contributed by atoms with van der Waals surface area (Å²) in [5.41, 5.74) is 1.71. The number of nitrogens with zero attached hydrogens (tertiary/aromatic N) is 1. The Kier molecular flexibility index (Phi) is 3.04. The lowest BCUT2D eigenvalue weighted by molar-refractivity contribution is -0.124. The van der Waals surface area contributed by atoms with Crippen molar-refractivity contribution in [1.29, 1.82) is 5.26 Å². The zero-order valence-electron chi connectivity index (χ0n) is 12.9. The fourth-order valence-corrected chi connectivity index (χ4v) is 4.14. The fraction of sp³-hybridized carbons (Fsp3) is 0.579. The first-order chi connectivity index (χ1) is 10.7. The predicted molar refractivity (Wildman–Crippen MR) is 84.1 cm³/mol. The summed E-state index contributed by atoms with van der Waals surface area (Å²) in [6.45, 7) is 0.857. The molecule has 0 atom stereocenters.